The number of rotatable bonds is 3. The Morgan fingerprint density at radius 2 is 1.96 bits per heavy atom. The molecule has 0 bridgehead atoms. The van der Waals surface area contributed by atoms with Gasteiger partial charge in [-0.3, -0.25) is 9.78 Å². The molecule has 1 amide bonds. The molecule has 0 radical (unpaired) electrons. The van der Waals surface area contributed by atoms with Crippen molar-refractivity contribution in [1.29, 1.82) is 0 Å². The number of benzene rings is 1. The number of aromatic nitrogens is 3. The number of carbonyl (C=O) groups is 1. The van der Waals surface area contributed by atoms with Gasteiger partial charge in [0.05, 0.1) is 11.1 Å². The molecule has 0 spiro atoms. The monoisotopic (exact) mass is 320 g/mol. The number of piperidine rings is 1. The van der Waals surface area contributed by atoms with E-state index < -0.39 is 0 Å². The second-order valence-electron chi connectivity index (χ2n) is 6.35. The number of nitrogens with zero attached hydrogens (tertiary/aromatic N) is 3. The summed E-state index contributed by atoms with van der Waals surface area (Å²) in [7, 11) is 0. The third-order valence-electron chi connectivity index (χ3n) is 4.82. The molecule has 4 rings (SSSR count). The quantitative estimate of drug-likeness (QED) is 0.807. The van der Waals surface area contributed by atoms with Crippen LogP contribution < -0.4 is 0 Å². The van der Waals surface area contributed by atoms with Crippen LogP contribution in [0, 0.1) is 5.92 Å². The van der Waals surface area contributed by atoms with Crippen LogP contribution in [-0.4, -0.2) is 38.8 Å². The number of imidazole rings is 1. The Kier molecular flexibility index (Phi) is 3.99. The summed E-state index contributed by atoms with van der Waals surface area (Å²) < 4.78 is 0. The highest BCUT2D eigenvalue weighted by atomic mass is 16.2. The predicted molar refractivity (Wildman–Crippen MR) is 92.7 cm³/mol. The molecular formula is C19H20N4O. The number of H-pyrrole nitrogens is 1. The van der Waals surface area contributed by atoms with Crippen molar-refractivity contribution in [2.24, 2.45) is 5.92 Å². The minimum atomic E-state index is 0.116. The van der Waals surface area contributed by atoms with Crippen LogP contribution in [0.25, 0.3) is 10.9 Å². The molecule has 3 heterocycles. The van der Waals surface area contributed by atoms with E-state index in [0.717, 1.165) is 54.6 Å². The molecule has 5 nitrogen and oxygen atoms in total. The van der Waals surface area contributed by atoms with E-state index in [1.165, 1.54) is 0 Å². The molecule has 1 aromatic carbocycles. The second-order valence-corrected chi connectivity index (χ2v) is 6.35. The van der Waals surface area contributed by atoms with E-state index in [-0.39, 0.29) is 5.91 Å². The maximum atomic E-state index is 12.9. The molecule has 1 saturated heterocycles. The summed E-state index contributed by atoms with van der Waals surface area (Å²) >= 11 is 0. The van der Waals surface area contributed by atoms with E-state index in [9.17, 15) is 4.79 Å². The van der Waals surface area contributed by atoms with Gasteiger partial charge < -0.3 is 9.88 Å². The predicted octanol–water partition coefficient (Wildman–Crippen LogP) is 3.05. The molecule has 1 aliphatic heterocycles. The minimum Gasteiger partial charge on any atom is -0.349 e. The van der Waals surface area contributed by atoms with E-state index in [2.05, 4.69) is 15.0 Å². The number of nitrogens with one attached hydrogen (secondary N) is 1. The van der Waals surface area contributed by atoms with Gasteiger partial charge in [0.25, 0.3) is 5.91 Å². The minimum absolute atomic E-state index is 0.116. The van der Waals surface area contributed by atoms with Crippen molar-refractivity contribution in [3.63, 3.8) is 0 Å². The summed E-state index contributed by atoms with van der Waals surface area (Å²) in [5.41, 5.74) is 1.63. The van der Waals surface area contributed by atoms with Crippen LogP contribution in [0.2, 0.25) is 0 Å². The van der Waals surface area contributed by atoms with Gasteiger partial charge in [0, 0.05) is 43.5 Å². The molecule has 1 N–H and O–H groups in total. The van der Waals surface area contributed by atoms with Crippen molar-refractivity contribution in [2.75, 3.05) is 13.1 Å². The Labute approximate surface area is 140 Å². The smallest absolute Gasteiger partial charge is 0.254 e. The first kappa shape index (κ1) is 14.9. The molecule has 1 aliphatic rings. The van der Waals surface area contributed by atoms with Crippen molar-refractivity contribution in [1.82, 2.24) is 19.9 Å². The summed E-state index contributed by atoms with van der Waals surface area (Å²) in [5.74, 6) is 1.75. The number of hydrogen-bond donors (Lipinski definition) is 1. The Morgan fingerprint density at radius 1 is 1.12 bits per heavy atom. The summed E-state index contributed by atoms with van der Waals surface area (Å²) in [6, 6.07) is 9.65. The van der Waals surface area contributed by atoms with E-state index in [1.807, 2.05) is 41.4 Å². The Bertz CT molecular complexity index is 830. The Morgan fingerprint density at radius 3 is 2.75 bits per heavy atom. The highest BCUT2D eigenvalue weighted by Gasteiger charge is 2.25. The first-order chi connectivity index (χ1) is 11.8. The van der Waals surface area contributed by atoms with E-state index in [0.29, 0.717) is 5.92 Å². The average molecular weight is 320 g/mol. The van der Waals surface area contributed by atoms with Crippen LogP contribution in [0.5, 0.6) is 0 Å². The summed E-state index contributed by atoms with van der Waals surface area (Å²) in [6.45, 7) is 1.61. The number of pyridine rings is 1. The lowest BCUT2D eigenvalue weighted by Gasteiger charge is -2.32. The molecule has 2 aromatic heterocycles. The Hall–Kier alpha value is -2.69. The fourth-order valence-electron chi connectivity index (χ4n) is 3.48. The van der Waals surface area contributed by atoms with E-state index in [1.54, 1.807) is 12.4 Å². The van der Waals surface area contributed by atoms with Gasteiger partial charge >= 0.3 is 0 Å². The summed E-state index contributed by atoms with van der Waals surface area (Å²) in [6.07, 6.45) is 8.39. The second kappa shape index (κ2) is 6.43. The molecule has 24 heavy (non-hydrogen) atoms. The molecule has 5 heteroatoms. The first-order valence-corrected chi connectivity index (χ1v) is 8.42. The molecule has 1 fully saturated rings. The maximum Gasteiger partial charge on any atom is 0.254 e. The molecule has 0 saturated carbocycles. The molecule has 0 aliphatic carbocycles. The third-order valence-corrected chi connectivity index (χ3v) is 4.82. The number of amides is 1. The molecule has 3 aromatic rings. The maximum absolute atomic E-state index is 12.9. The molecular weight excluding hydrogens is 300 g/mol. The van der Waals surface area contributed by atoms with Gasteiger partial charge in [-0.2, -0.15) is 0 Å². The zero-order valence-electron chi connectivity index (χ0n) is 13.5. The van der Waals surface area contributed by atoms with Gasteiger partial charge in [0.2, 0.25) is 0 Å². The number of para-hydroxylation sites is 1. The summed E-state index contributed by atoms with van der Waals surface area (Å²) in [4.78, 5) is 26.7. The standard InChI is InChI=1S/C19H20N4O/c24-19(16-5-8-20-17-4-2-1-3-15(16)17)23-11-6-14(7-12-23)13-18-21-9-10-22-18/h1-5,8-10,14H,6-7,11-13H2,(H,21,22). The largest absolute Gasteiger partial charge is 0.349 e. The van der Waals surface area contributed by atoms with Gasteiger partial charge in [-0.15, -0.1) is 0 Å². The van der Waals surface area contributed by atoms with Gasteiger partial charge in [-0.05, 0) is 30.9 Å². The van der Waals surface area contributed by atoms with Crippen molar-refractivity contribution in [3.05, 3.63) is 60.3 Å². The fraction of sp³-hybridized carbons (Fsp3) is 0.316. The zero-order chi connectivity index (χ0) is 16.4. The van der Waals surface area contributed by atoms with Crippen LogP contribution in [0.3, 0.4) is 0 Å². The lowest BCUT2D eigenvalue weighted by Crippen LogP contribution is -2.39. The number of aromatic amines is 1. The number of fused-ring (bicyclic) bond motifs is 1. The van der Waals surface area contributed by atoms with Crippen LogP contribution in [0.15, 0.2) is 48.9 Å². The molecule has 122 valence electrons. The van der Waals surface area contributed by atoms with E-state index >= 15 is 0 Å². The zero-order valence-corrected chi connectivity index (χ0v) is 13.5. The van der Waals surface area contributed by atoms with Crippen LogP contribution in [0.1, 0.15) is 29.0 Å². The molecule has 0 unspecified atom stereocenters. The van der Waals surface area contributed by atoms with Gasteiger partial charge in [-0.1, -0.05) is 18.2 Å². The average Bonchev–Trinajstić information content (AvgIpc) is 3.14. The first-order valence-electron chi connectivity index (χ1n) is 8.42. The van der Waals surface area contributed by atoms with Crippen LogP contribution in [-0.2, 0) is 6.42 Å². The van der Waals surface area contributed by atoms with Crippen LogP contribution >= 0.6 is 0 Å². The third kappa shape index (κ3) is 2.89. The number of carbonyl (C=O) groups excluding carboxylic acids is 1. The normalized spacial score (nSPS) is 15.8. The number of hydrogen-bond acceptors (Lipinski definition) is 3. The lowest BCUT2D eigenvalue weighted by molar-refractivity contribution is 0.0692. The molecule has 0 atom stereocenters. The topological polar surface area (TPSA) is 61.9 Å². The highest BCUT2D eigenvalue weighted by molar-refractivity contribution is 6.05. The lowest BCUT2D eigenvalue weighted by atomic mass is 9.93. The fourth-order valence-corrected chi connectivity index (χ4v) is 3.48. The summed E-state index contributed by atoms with van der Waals surface area (Å²) in [5, 5.41) is 0.933. The SMILES string of the molecule is O=C(c1ccnc2ccccc12)N1CCC(Cc2ncc[nH]2)CC1. The van der Waals surface area contributed by atoms with Crippen molar-refractivity contribution < 1.29 is 4.79 Å². The number of likely N-dealkylation sites (tertiary alicyclic amines) is 1. The van der Waals surface area contributed by atoms with Crippen molar-refractivity contribution in [3.8, 4) is 0 Å². The van der Waals surface area contributed by atoms with Gasteiger partial charge in [0.1, 0.15) is 5.82 Å². The highest BCUT2D eigenvalue weighted by Crippen LogP contribution is 2.24. The van der Waals surface area contributed by atoms with Gasteiger partial charge in [0.15, 0.2) is 0 Å². The van der Waals surface area contributed by atoms with Crippen LogP contribution in [0.4, 0.5) is 0 Å². The van der Waals surface area contributed by atoms with Crippen molar-refractivity contribution >= 4 is 16.8 Å². The van der Waals surface area contributed by atoms with Gasteiger partial charge in [-0.25, -0.2) is 4.98 Å². The van der Waals surface area contributed by atoms with Crippen molar-refractivity contribution in [2.45, 2.75) is 19.3 Å². The Balaban J connectivity index is 1.46. The van der Waals surface area contributed by atoms with E-state index in [4.69, 9.17) is 0 Å².